The van der Waals surface area contributed by atoms with E-state index in [1.807, 2.05) is 0 Å². The minimum Gasteiger partial charge on any atom is -0.617 e. The smallest absolute Gasteiger partial charge is 0.617 e. The third kappa shape index (κ3) is 3.18. The van der Waals surface area contributed by atoms with E-state index in [0.717, 1.165) is 0 Å². The van der Waals surface area contributed by atoms with Crippen LogP contribution in [0.25, 0.3) is 5.32 Å². The average molecular weight is 249 g/mol. The molecule has 17 heavy (non-hydrogen) atoms. The van der Waals surface area contributed by atoms with Crippen molar-refractivity contribution in [2.45, 2.75) is 13.0 Å². The molecular formula is C8H12N5NaO3. The molecule has 2 heterocycles. The maximum atomic E-state index is 11.4. The van der Waals surface area contributed by atoms with E-state index in [9.17, 15) is 4.79 Å². The molecule has 1 aliphatic heterocycles. The van der Waals surface area contributed by atoms with Crippen LogP contribution in [-0.4, -0.2) is 40.1 Å². The summed E-state index contributed by atoms with van der Waals surface area (Å²) in [6.07, 6.45) is 0.703. The zero-order valence-electron chi connectivity index (χ0n) is 9.46. The van der Waals surface area contributed by atoms with E-state index >= 15 is 0 Å². The molecule has 1 atom stereocenters. The van der Waals surface area contributed by atoms with E-state index in [1.165, 1.54) is 6.33 Å². The summed E-state index contributed by atoms with van der Waals surface area (Å²) in [4.78, 5) is 15.3. The van der Waals surface area contributed by atoms with E-state index in [0.29, 0.717) is 5.82 Å². The Morgan fingerprint density at radius 2 is 2.47 bits per heavy atom. The standard InChI is InChI=1S/C8H13N5O3.Na/c9-8-11-6-5(7(15)12-8)10-3-13(6)4-16-2-1-14;/h3,8,14H,1-2,4,9H2,(H2,11,12,15);/q;+1/p-1. The molecule has 0 aliphatic carbocycles. The first-order chi connectivity index (χ1) is 7.72. The Balaban J connectivity index is 0.00000144. The molecule has 0 saturated carbocycles. The van der Waals surface area contributed by atoms with Gasteiger partial charge in [0.2, 0.25) is 0 Å². The summed E-state index contributed by atoms with van der Waals surface area (Å²) in [5, 5.41) is 15.0. The zero-order chi connectivity index (χ0) is 11.5. The van der Waals surface area contributed by atoms with Gasteiger partial charge in [-0.15, -0.1) is 0 Å². The van der Waals surface area contributed by atoms with E-state index in [-0.39, 0.29) is 55.2 Å². The van der Waals surface area contributed by atoms with Gasteiger partial charge in [-0.05, 0) is 0 Å². The molecule has 88 valence electrons. The number of nitrogens with one attached hydrogen (secondary N) is 1. The summed E-state index contributed by atoms with van der Waals surface area (Å²) in [5.74, 6) is 0.0487. The summed E-state index contributed by atoms with van der Waals surface area (Å²) in [6, 6.07) is 0. The quantitative estimate of drug-likeness (QED) is 0.370. The summed E-state index contributed by atoms with van der Waals surface area (Å²) in [5.41, 5.74) is 5.73. The molecule has 4 N–H and O–H groups in total. The normalized spacial score (nSPS) is 17.8. The Bertz CT molecular complexity index is 397. The molecule has 1 aromatic heterocycles. The van der Waals surface area contributed by atoms with Gasteiger partial charge in [0.05, 0.1) is 19.5 Å². The van der Waals surface area contributed by atoms with Crippen molar-refractivity contribution in [1.82, 2.24) is 9.55 Å². The van der Waals surface area contributed by atoms with Crippen LogP contribution in [0.3, 0.4) is 0 Å². The first-order valence-electron chi connectivity index (χ1n) is 4.73. The summed E-state index contributed by atoms with van der Waals surface area (Å²) >= 11 is 0. The molecule has 0 saturated heterocycles. The predicted octanol–water partition coefficient (Wildman–Crippen LogP) is -3.96. The molecule has 2 rings (SSSR count). The zero-order valence-corrected chi connectivity index (χ0v) is 11.5. The second kappa shape index (κ2) is 6.34. The third-order valence-electron chi connectivity index (χ3n) is 2.05. The van der Waals surface area contributed by atoms with Gasteiger partial charge >= 0.3 is 29.6 Å². The Morgan fingerprint density at radius 3 is 3.18 bits per heavy atom. The number of aromatic nitrogens is 2. The number of nitrogens with two attached hydrogens (primary N) is 1. The van der Waals surface area contributed by atoms with Crippen molar-refractivity contribution >= 4 is 11.7 Å². The van der Waals surface area contributed by atoms with Gasteiger partial charge in [0.1, 0.15) is 24.1 Å². The van der Waals surface area contributed by atoms with Gasteiger partial charge in [0, 0.05) is 6.29 Å². The van der Waals surface area contributed by atoms with E-state index in [4.69, 9.17) is 15.6 Å². The number of aliphatic hydroxyl groups is 1. The molecule has 1 aromatic rings. The van der Waals surface area contributed by atoms with Gasteiger partial charge in [-0.1, -0.05) is 0 Å². The van der Waals surface area contributed by atoms with Crippen LogP contribution in [-0.2, 0) is 11.5 Å². The van der Waals surface area contributed by atoms with Crippen LogP contribution in [0.2, 0.25) is 0 Å². The molecule has 0 fully saturated rings. The van der Waals surface area contributed by atoms with Crippen molar-refractivity contribution in [1.29, 1.82) is 0 Å². The van der Waals surface area contributed by atoms with Crippen LogP contribution in [0.15, 0.2) is 6.33 Å². The number of ether oxygens (including phenoxy) is 1. The Kier molecular flexibility index (Phi) is 5.37. The number of imidazole rings is 1. The van der Waals surface area contributed by atoms with Gasteiger partial charge < -0.3 is 31.0 Å². The van der Waals surface area contributed by atoms with Crippen LogP contribution in [0.1, 0.15) is 10.5 Å². The molecular weight excluding hydrogens is 237 g/mol. The van der Waals surface area contributed by atoms with Crippen molar-refractivity contribution in [2.75, 3.05) is 18.5 Å². The number of anilines is 1. The van der Waals surface area contributed by atoms with Gasteiger partial charge in [-0.2, -0.15) is 0 Å². The maximum absolute atomic E-state index is 11.4. The molecule has 0 radical (unpaired) electrons. The van der Waals surface area contributed by atoms with E-state index in [1.54, 1.807) is 4.57 Å². The molecule has 1 unspecified atom stereocenters. The number of fused-ring (bicyclic) bond motifs is 1. The summed E-state index contributed by atoms with van der Waals surface area (Å²) in [7, 11) is 0. The van der Waals surface area contributed by atoms with Gasteiger partial charge in [-0.3, -0.25) is 4.57 Å². The van der Waals surface area contributed by atoms with Crippen LogP contribution >= 0.6 is 0 Å². The maximum Gasteiger partial charge on any atom is 1.00 e. The topological polar surface area (TPSA) is 117 Å². The molecule has 1 amide bonds. The Labute approximate surface area is 120 Å². The van der Waals surface area contributed by atoms with Crippen LogP contribution < -0.4 is 40.6 Å². The minimum atomic E-state index is -0.756. The minimum absolute atomic E-state index is 0. The fourth-order valence-electron chi connectivity index (χ4n) is 1.38. The fourth-order valence-corrected chi connectivity index (χ4v) is 1.38. The van der Waals surface area contributed by atoms with Crippen LogP contribution in [0, 0.1) is 0 Å². The molecule has 0 bridgehead atoms. The van der Waals surface area contributed by atoms with Crippen LogP contribution in [0.5, 0.6) is 0 Å². The summed E-state index contributed by atoms with van der Waals surface area (Å²) < 4.78 is 6.71. The van der Waals surface area contributed by atoms with Gasteiger partial charge in [0.25, 0.3) is 0 Å². The van der Waals surface area contributed by atoms with Crippen molar-refractivity contribution in [3.05, 3.63) is 17.3 Å². The summed E-state index contributed by atoms with van der Waals surface area (Å²) in [6.45, 7) is 0.352. The molecule has 9 heteroatoms. The van der Waals surface area contributed by atoms with Crippen LogP contribution in [0.4, 0.5) is 5.82 Å². The van der Waals surface area contributed by atoms with Crippen molar-refractivity contribution in [3.8, 4) is 0 Å². The largest absolute Gasteiger partial charge is 1.00 e. The monoisotopic (exact) mass is 249 g/mol. The second-order valence-electron chi connectivity index (χ2n) is 3.20. The number of amides is 1. The first kappa shape index (κ1) is 14.4. The number of carbonyl (C=O) groups excluding carboxylic acids is 1. The predicted molar refractivity (Wildman–Crippen MR) is 54.6 cm³/mol. The fraction of sp³-hybridized carbons (Fsp3) is 0.500. The molecule has 0 aromatic carbocycles. The van der Waals surface area contributed by atoms with E-state index < -0.39 is 12.2 Å². The number of carbonyl (C=O) groups is 1. The van der Waals surface area contributed by atoms with Crippen molar-refractivity contribution < 1.29 is 44.2 Å². The number of aliphatic hydroxyl groups excluding tert-OH is 1. The SMILES string of the molecule is NC1[N-]C(=O)c2ncn(COCCO)c2N1.[Na+]. The molecule has 1 aliphatic rings. The molecule has 0 spiro atoms. The number of rotatable bonds is 4. The number of nitrogens with zero attached hydrogens (tertiary/aromatic N) is 3. The second-order valence-corrected chi connectivity index (χ2v) is 3.20. The average Bonchev–Trinajstić information content (AvgIpc) is 2.62. The van der Waals surface area contributed by atoms with Gasteiger partial charge in [0.15, 0.2) is 0 Å². The third-order valence-corrected chi connectivity index (χ3v) is 2.05. The van der Waals surface area contributed by atoms with Gasteiger partial charge in [-0.25, -0.2) is 4.98 Å². The number of hydrogen-bond donors (Lipinski definition) is 3. The molecule has 8 nitrogen and oxygen atoms in total. The van der Waals surface area contributed by atoms with Crippen molar-refractivity contribution in [3.63, 3.8) is 0 Å². The first-order valence-corrected chi connectivity index (χ1v) is 4.73. The number of hydrogen-bond acceptors (Lipinski definition) is 6. The van der Waals surface area contributed by atoms with Crippen molar-refractivity contribution in [2.24, 2.45) is 5.73 Å². The Morgan fingerprint density at radius 1 is 1.71 bits per heavy atom. The Hall–Kier alpha value is -0.640. The van der Waals surface area contributed by atoms with E-state index in [2.05, 4.69) is 15.6 Å².